The zero-order chi connectivity index (χ0) is 20.0. The van der Waals surface area contributed by atoms with E-state index in [1.54, 1.807) is 0 Å². The first-order valence-electron chi connectivity index (χ1n) is 8.36. The molecule has 0 aromatic heterocycles. The van der Waals surface area contributed by atoms with E-state index >= 15 is 0 Å². The van der Waals surface area contributed by atoms with Crippen molar-refractivity contribution in [1.82, 2.24) is 15.8 Å². The molecular formula is C16H22N4O6S. The lowest BCUT2D eigenvalue weighted by atomic mass is 9.90. The second kappa shape index (κ2) is 8.93. The topological polar surface area (TPSA) is 159 Å². The second-order valence-electron chi connectivity index (χ2n) is 6.23. The van der Waals surface area contributed by atoms with Crippen molar-refractivity contribution >= 4 is 28.3 Å². The number of rotatable bonds is 7. The molecule has 1 aromatic carbocycles. The summed E-state index contributed by atoms with van der Waals surface area (Å²) in [5.74, 6) is -0.410. The van der Waals surface area contributed by atoms with Gasteiger partial charge in [-0.05, 0) is 37.1 Å². The molecule has 2 amide bonds. The Kier molecular flexibility index (Phi) is 6.88. The summed E-state index contributed by atoms with van der Waals surface area (Å²) >= 11 is 0. The van der Waals surface area contributed by atoms with E-state index in [4.69, 9.17) is 10.2 Å². The lowest BCUT2D eigenvalue weighted by Crippen LogP contribution is -2.58. The van der Waals surface area contributed by atoms with Gasteiger partial charge in [-0.3, -0.25) is 4.79 Å². The fourth-order valence-electron chi connectivity index (χ4n) is 2.97. The molecule has 2 rings (SSSR count). The van der Waals surface area contributed by atoms with E-state index in [1.165, 1.54) is 24.3 Å². The monoisotopic (exact) mass is 398 g/mol. The first-order valence-corrected chi connectivity index (χ1v) is 9.91. The molecule has 1 aromatic rings. The molecule has 1 aliphatic carbocycles. The van der Waals surface area contributed by atoms with Gasteiger partial charge in [0.25, 0.3) is 5.91 Å². The molecule has 1 fully saturated rings. The number of nitrogens with two attached hydrogens (primary N) is 1. The first kappa shape index (κ1) is 20.8. The fraction of sp³-hybridized carbons (Fsp3) is 0.438. The van der Waals surface area contributed by atoms with Gasteiger partial charge in [-0.2, -0.15) is 0 Å². The number of benzene rings is 1. The van der Waals surface area contributed by atoms with Gasteiger partial charge in [0.2, 0.25) is 10.0 Å². The van der Waals surface area contributed by atoms with Crippen LogP contribution in [-0.4, -0.2) is 55.4 Å². The molecule has 27 heavy (non-hydrogen) atoms. The van der Waals surface area contributed by atoms with Crippen molar-refractivity contribution in [2.24, 2.45) is 5.14 Å². The fourth-order valence-corrected chi connectivity index (χ4v) is 3.48. The van der Waals surface area contributed by atoms with Gasteiger partial charge in [-0.1, -0.05) is 12.8 Å². The number of hydrazine groups is 1. The molecule has 1 aliphatic rings. The van der Waals surface area contributed by atoms with Crippen molar-refractivity contribution in [2.45, 2.75) is 42.7 Å². The van der Waals surface area contributed by atoms with Crippen LogP contribution in [0.1, 0.15) is 36.0 Å². The Labute approximate surface area is 156 Å². The van der Waals surface area contributed by atoms with Crippen LogP contribution in [0.2, 0.25) is 0 Å². The Morgan fingerprint density at radius 3 is 2.30 bits per heavy atom. The molecule has 0 heterocycles. The van der Waals surface area contributed by atoms with E-state index in [1.807, 2.05) is 0 Å². The lowest BCUT2D eigenvalue weighted by Gasteiger charge is -2.35. The minimum absolute atomic E-state index is 0.0952. The number of primary sulfonamides is 1. The average molecular weight is 398 g/mol. The number of amides is 2. The Balaban J connectivity index is 2.07. The first-order chi connectivity index (χ1) is 12.7. The summed E-state index contributed by atoms with van der Waals surface area (Å²) in [4.78, 5) is 34.2. The quantitative estimate of drug-likeness (QED) is 0.373. The number of carbonyl (C=O) groups is 3. The van der Waals surface area contributed by atoms with Crippen LogP contribution in [0.5, 0.6) is 0 Å². The Morgan fingerprint density at radius 2 is 1.78 bits per heavy atom. The van der Waals surface area contributed by atoms with Gasteiger partial charge in [-0.15, -0.1) is 0 Å². The smallest absolute Gasteiger partial charge is 0.422 e. The van der Waals surface area contributed by atoms with Crippen LogP contribution in [0.25, 0.3) is 0 Å². The summed E-state index contributed by atoms with van der Waals surface area (Å²) in [5, 5.41) is 17.8. The van der Waals surface area contributed by atoms with Crippen LogP contribution in [0.15, 0.2) is 29.2 Å². The number of carbonyl (C=O) groups excluding carboxylic acids is 2. The average Bonchev–Trinajstić information content (AvgIpc) is 2.62. The van der Waals surface area contributed by atoms with E-state index in [-0.39, 0.29) is 29.1 Å². The zero-order valence-electron chi connectivity index (χ0n) is 14.5. The minimum Gasteiger partial charge on any atom is -0.464 e. The predicted octanol–water partition coefficient (Wildman–Crippen LogP) is 0.0585. The molecule has 148 valence electrons. The number of nitrogens with one attached hydrogen (secondary N) is 2. The van der Waals surface area contributed by atoms with Crippen molar-refractivity contribution in [2.75, 3.05) is 6.54 Å². The highest BCUT2D eigenvalue weighted by Crippen LogP contribution is 2.20. The molecule has 0 bridgehead atoms. The third-order valence-corrected chi connectivity index (χ3v) is 5.27. The summed E-state index contributed by atoms with van der Waals surface area (Å²) in [6.07, 6.45) is 2.21. The van der Waals surface area contributed by atoms with Crippen molar-refractivity contribution in [3.8, 4) is 0 Å². The van der Waals surface area contributed by atoms with Crippen molar-refractivity contribution in [3.63, 3.8) is 0 Å². The van der Waals surface area contributed by atoms with Crippen LogP contribution in [-0.2, 0) is 14.8 Å². The van der Waals surface area contributed by atoms with Crippen LogP contribution >= 0.6 is 0 Å². The van der Waals surface area contributed by atoms with Gasteiger partial charge < -0.3 is 15.2 Å². The molecule has 0 spiro atoms. The number of hydrogen-bond acceptors (Lipinski definition) is 6. The number of sulfonamides is 1. The molecular weight excluding hydrogens is 376 g/mol. The summed E-state index contributed by atoms with van der Waals surface area (Å²) in [5.41, 5.74) is 3.04. The number of hydrogen-bond donors (Lipinski definition) is 4. The predicted molar refractivity (Wildman–Crippen MR) is 95.3 cm³/mol. The molecule has 10 nitrogen and oxygen atoms in total. The Morgan fingerprint density at radius 1 is 1.19 bits per heavy atom. The van der Waals surface area contributed by atoms with E-state index in [0.717, 1.165) is 17.9 Å². The van der Waals surface area contributed by atoms with Crippen molar-refractivity contribution in [1.29, 1.82) is 0 Å². The summed E-state index contributed by atoms with van der Waals surface area (Å²) < 4.78 is 22.6. The molecule has 0 saturated heterocycles. The van der Waals surface area contributed by atoms with E-state index < -0.39 is 22.0 Å². The SMILES string of the molecule is NS(=O)(=O)c1ccc(C(=O)NC2CCCCC2NN(CC=O)C(=O)O)cc1. The number of aldehydes is 1. The van der Waals surface area contributed by atoms with Gasteiger partial charge in [-0.25, -0.2) is 28.8 Å². The van der Waals surface area contributed by atoms with Crippen molar-refractivity contribution < 1.29 is 27.9 Å². The normalized spacial score (nSPS) is 19.9. The largest absolute Gasteiger partial charge is 0.464 e. The lowest BCUT2D eigenvalue weighted by molar-refractivity contribution is -0.109. The highest BCUT2D eigenvalue weighted by atomic mass is 32.2. The molecule has 1 saturated carbocycles. The van der Waals surface area contributed by atoms with Crippen LogP contribution in [0.4, 0.5) is 4.79 Å². The third-order valence-electron chi connectivity index (χ3n) is 4.34. The van der Waals surface area contributed by atoms with Gasteiger partial charge in [0.1, 0.15) is 6.29 Å². The second-order valence-corrected chi connectivity index (χ2v) is 7.79. The highest BCUT2D eigenvalue weighted by Gasteiger charge is 2.29. The van der Waals surface area contributed by atoms with E-state index in [2.05, 4.69) is 10.7 Å². The third kappa shape index (κ3) is 5.74. The van der Waals surface area contributed by atoms with E-state index in [0.29, 0.717) is 19.1 Å². The minimum atomic E-state index is -3.84. The maximum atomic E-state index is 12.5. The maximum Gasteiger partial charge on any atom is 0.422 e. The van der Waals surface area contributed by atoms with Gasteiger partial charge in [0, 0.05) is 17.6 Å². The maximum absolute atomic E-state index is 12.5. The summed E-state index contributed by atoms with van der Waals surface area (Å²) in [6, 6.07) is 4.53. The molecule has 11 heteroatoms. The molecule has 2 atom stereocenters. The van der Waals surface area contributed by atoms with E-state index in [9.17, 15) is 22.8 Å². The van der Waals surface area contributed by atoms with Crippen LogP contribution in [0.3, 0.4) is 0 Å². The summed E-state index contributed by atoms with van der Waals surface area (Å²) in [6.45, 7) is -0.318. The van der Waals surface area contributed by atoms with Gasteiger partial charge >= 0.3 is 6.09 Å². The van der Waals surface area contributed by atoms with Crippen molar-refractivity contribution in [3.05, 3.63) is 29.8 Å². The molecule has 0 aliphatic heterocycles. The highest BCUT2D eigenvalue weighted by molar-refractivity contribution is 7.89. The Bertz CT molecular complexity index is 796. The van der Waals surface area contributed by atoms with Crippen LogP contribution in [0, 0.1) is 0 Å². The molecule has 2 unspecified atom stereocenters. The number of carboxylic acid groups (broad SMARTS) is 1. The summed E-state index contributed by atoms with van der Waals surface area (Å²) in [7, 11) is -3.84. The van der Waals surface area contributed by atoms with Gasteiger partial charge in [0.05, 0.1) is 11.4 Å². The molecule has 5 N–H and O–H groups in total. The zero-order valence-corrected chi connectivity index (χ0v) is 15.3. The molecule has 0 radical (unpaired) electrons. The van der Waals surface area contributed by atoms with Crippen LogP contribution < -0.4 is 15.9 Å². The van der Waals surface area contributed by atoms with Gasteiger partial charge in [0.15, 0.2) is 0 Å². The number of nitrogens with zero attached hydrogens (tertiary/aromatic N) is 1. The standard InChI is InChI=1S/C16H22N4O6S/c17-27(25,26)12-7-5-11(6-8-12)15(22)18-13-3-1-2-4-14(13)19-20(9-10-21)16(23)24/h5-8,10,13-14,19H,1-4,9H2,(H,18,22)(H,23,24)(H2,17,25,26). The Hall–Kier alpha value is -2.50.